The first-order valence-electron chi connectivity index (χ1n) is 7.95. The maximum Gasteiger partial charge on any atom is 0.226 e. The van der Waals surface area contributed by atoms with E-state index in [-0.39, 0.29) is 30.3 Å². The van der Waals surface area contributed by atoms with E-state index in [1.807, 2.05) is 0 Å². The van der Waals surface area contributed by atoms with Gasteiger partial charge in [-0.2, -0.15) is 0 Å². The van der Waals surface area contributed by atoms with E-state index < -0.39 is 11.6 Å². The van der Waals surface area contributed by atoms with E-state index in [1.54, 1.807) is 6.20 Å². The number of nitrogens with zero attached hydrogens (tertiary/aromatic N) is 1. The van der Waals surface area contributed by atoms with E-state index >= 15 is 0 Å². The minimum absolute atomic E-state index is 0. The average molecular weight is 388 g/mol. The third kappa shape index (κ3) is 5.20. The second-order valence-corrected chi connectivity index (χ2v) is 7.28. The highest BCUT2D eigenvalue weighted by molar-refractivity contribution is 7.15. The van der Waals surface area contributed by atoms with Gasteiger partial charge in [-0.15, -0.1) is 23.7 Å². The molecule has 1 aromatic carbocycles. The van der Waals surface area contributed by atoms with Crippen molar-refractivity contribution in [3.8, 4) is 0 Å². The standard InChI is InChI=1S/C17H19F2N3OS.ClH/c18-13-5-4-10(7-14(13)19)6-12-9-21-17(24-12)22-16(23)8-11-2-1-3-15(11)20;/h4-5,7,9,11,15H,1-3,6,8,20H2,(H,21,22,23);1H/t11-,15+;/m0./s1. The summed E-state index contributed by atoms with van der Waals surface area (Å²) in [7, 11) is 0. The largest absolute Gasteiger partial charge is 0.327 e. The van der Waals surface area contributed by atoms with Gasteiger partial charge < -0.3 is 11.1 Å². The number of carbonyl (C=O) groups excluding carboxylic acids is 1. The van der Waals surface area contributed by atoms with Crippen LogP contribution in [-0.2, 0) is 11.2 Å². The van der Waals surface area contributed by atoms with Gasteiger partial charge in [0.05, 0.1) is 0 Å². The van der Waals surface area contributed by atoms with Crippen LogP contribution in [0, 0.1) is 17.6 Å². The Kier molecular flexibility index (Phi) is 6.87. The fraction of sp³-hybridized carbons (Fsp3) is 0.412. The Balaban J connectivity index is 0.00000225. The summed E-state index contributed by atoms with van der Waals surface area (Å²) in [6, 6.07) is 3.93. The van der Waals surface area contributed by atoms with Crippen LogP contribution in [0.3, 0.4) is 0 Å². The number of carbonyl (C=O) groups is 1. The molecule has 0 radical (unpaired) electrons. The van der Waals surface area contributed by atoms with E-state index in [4.69, 9.17) is 5.73 Å². The van der Waals surface area contributed by atoms with Gasteiger partial charge in [0.25, 0.3) is 0 Å². The monoisotopic (exact) mass is 387 g/mol. The molecule has 1 saturated carbocycles. The number of thiazole rings is 1. The zero-order valence-corrected chi connectivity index (χ0v) is 15.1. The van der Waals surface area contributed by atoms with Gasteiger partial charge in [0.1, 0.15) is 0 Å². The predicted molar refractivity (Wildman–Crippen MR) is 97.1 cm³/mol. The van der Waals surface area contributed by atoms with Crippen molar-refractivity contribution in [2.45, 2.75) is 38.1 Å². The SMILES string of the molecule is Cl.N[C@@H]1CCC[C@H]1CC(=O)Nc1ncc(Cc2ccc(F)c(F)c2)s1. The molecule has 2 aromatic rings. The van der Waals surface area contributed by atoms with Crippen molar-refractivity contribution in [3.63, 3.8) is 0 Å². The molecule has 1 amide bonds. The highest BCUT2D eigenvalue weighted by atomic mass is 35.5. The van der Waals surface area contributed by atoms with Crippen LogP contribution in [-0.4, -0.2) is 16.9 Å². The summed E-state index contributed by atoms with van der Waals surface area (Å²) >= 11 is 1.33. The molecule has 0 spiro atoms. The summed E-state index contributed by atoms with van der Waals surface area (Å²) in [4.78, 5) is 17.1. The summed E-state index contributed by atoms with van der Waals surface area (Å²) < 4.78 is 26.2. The fourth-order valence-corrected chi connectivity index (χ4v) is 3.89. The third-order valence-corrected chi connectivity index (χ3v) is 5.24. The van der Waals surface area contributed by atoms with Crippen LogP contribution in [0.1, 0.15) is 36.1 Å². The highest BCUT2D eigenvalue weighted by Crippen LogP contribution is 2.28. The molecule has 3 rings (SSSR count). The summed E-state index contributed by atoms with van der Waals surface area (Å²) in [6.45, 7) is 0. The van der Waals surface area contributed by atoms with Crippen molar-refractivity contribution in [1.82, 2.24) is 4.98 Å². The first-order chi connectivity index (χ1) is 11.5. The zero-order valence-electron chi connectivity index (χ0n) is 13.5. The summed E-state index contributed by atoms with van der Waals surface area (Å²) in [6.07, 6.45) is 5.55. The number of amides is 1. The lowest BCUT2D eigenvalue weighted by atomic mass is 10.00. The third-order valence-electron chi connectivity index (χ3n) is 4.33. The van der Waals surface area contributed by atoms with E-state index in [0.717, 1.165) is 30.2 Å². The van der Waals surface area contributed by atoms with Gasteiger partial charge in [-0.05, 0) is 36.5 Å². The number of benzene rings is 1. The van der Waals surface area contributed by atoms with Crippen LogP contribution >= 0.6 is 23.7 Å². The molecule has 136 valence electrons. The zero-order chi connectivity index (χ0) is 17.1. The van der Waals surface area contributed by atoms with Gasteiger partial charge >= 0.3 is 0 Å². The average Bonchev–Trinajstić information content (AvgIpc) is 3.13. The number of hydrogen-bond acceptors (Lipinski definition) is 4. The second kappa shape index (κ2) is 8.69. The molecule has 1 aromatic heterocycles. The van der Waals surface area contributed by atoms with Crippen molar-refractivity contribution in [1.29, 1.82) is 0 Å². The summed E-state index contributed by atoms with van der Waals surface area (Å²) in [5.41, 5.74) is 6.64. The number of aromatic nitrogens is 1. The molecule has 0 bridgehead atoms. The van der Waals surface area contributed by atoms with E-state index in [1.165, 1.54) is 23.5 Å². The summed E-state index contributed by atoms with van der Waals surface area (Å²) in [5.74, 6) is -1.56. The van der Waals surface area contributed by atoms with Crippen molar-refractivity contribution in [2.24, 2.45) is 11.7 Å². The maximum absolute atomic E-state index is 13.2. The van der Waals surface area contributed by atoms with Gasteiger partial charge in [0.15, 0.2) is 16.8 Å². The maximum atomic E-state index is 13.2. The normalized spacial score (nSPS) is 19.5. The van der Waals surface area contributed by atoms with Gasteiger partial charge in [-0.3, -0.25) is 4.79 Å². The molecule has 2 atom stereocenters. The molecule has 0 aliphatic heterocycles. The molecule has 1 heterocycles. The van der Waals surface area contributed by atoms with Crippen molar-refractivity contribution in [3.05, 3.63) is 46.5 Å². The smallest absolute Gasteiger partial charge is 0.226 e. The molecule has 1 aliphatic rings. The van der Waals surface area contributed by atoms with Crippen LogP contribution in [0.5, 0.6) is 0 Å². The van der Waals surface area contributed by atoms with Crippen LogP contribution in [0.4, 0.5) is 13.9 Å². The molecular weight excluding hydrogens is 368 g/mol. The Morgan fingerprint density at radius 2 is 2.12 bits per heavy atom. The summed E-state index contributed by atoms with van der Waals surface area (Å²) in [5, 5.41) is 3.31. The molecule has 1 aliphatic carbocycles. The van der Waals surface area contributed by atoms with Gasteiger partial charge in [-0.1, -0.05) is 12.5 Å². The Hall–Kier alpha value is -1.57. The van der Waals surface area contributed by atoms with Gasteiger partial charge in [0.2, 0.25) is 5.91 Å². The lowest BCUT2D eigenvalue weighted by molar-refractivity contribution is -0.117. The van der Waals surface area contributed by atoms with E-state index in [9.17, 15) is 13.6 Å². The molecule has 8 heteroatoms. The number of hydrogen-bond donors (Lipinski definition) is 2. The Labute approximate surface area is 155 Å². The van der Waals surface area contributed by atoms with Crippen LogP contribution in [0.25, 0.3) is 0 Å². The lowest BCUT2D eigenvalue weighted by Gasteiger charge is -2.13. The van der Waals surface area contributed by atoms with Crippen LogP contribution in [0.15, 0.2) is 24.4 Å². The Morgan fingerprint density at radius 1 is 1.32 bits per heavy atom. The van der Waals surface area contributed by atoms with Crippen molar-refractivity contribution < 1.29 is 13.6 Å². The molecule has 0 unspecified atom stereocenters. The molecule has 4 nitrogen and oxygen atoms in total. The number of nitrogens with one attached hydrogen (secondary N) is 1. The van der Waals surface area contributed by atoms with Gasteiger partial charge in [0, 0.05) is 30.0 Å². The molecule has 0 saturated heterocycles. The van der Waals surface area contributed by atoms with Crippen molar-refractivity contribution >= 4 is 34.8 Å². The molecular formula is C17H20ClF2N3OS. The quantitative estimate of drug-likeness (QED) is 0.817. The Morgan fingerprint density at radius 3 is 2.80 bits per heavy atom. The number of nitrogens with two attached hydrogens (primary N) is 1. The number of anilines is 1. The molecule has 3 N–H and O–H groups in total. The van der Waals surface area contributed by atoms with Gasteiger partial charge in [-0.25, -0.2) is 13.8 Å². The fourth-order valence-electron chi connectivity index (χ4n) is 3.03. The van der Waals surface area contributed by atoms with Crippen LogP contribution < -0.4 is 11.1 Å². The first kappa shape index (κ1) is 19.8. The number of halogens is 3. The van der Waals surface area contributed by atoms with Crippen LogP contribution in [0.2, 0.25) is 0 Å². The lowest BCUT2D eigenvalue weighted by Crippen LogP contribution is -2.28. The predicted octanol–water partition coefficient (Wildman–Crippen LogP) is 3.89. The second-order valence-electron chi connectivity index (χ2n) is 6.16. The highest BCUT2D eigenvalue weighted by Gasteiger charge is 2.26. The van der Waals surface area contributed by atoms with E-state index in [2.05, 4.69) is 10.3 Å². The minimum Gasteiger partial charge on any atom is -0.327 e. The molecule has 25 heavy (non-hydrogen) atoms. The number of rotatable bonds is 5. The molecule has 1 fully saturated rings. The van der Waals surface area contributed by atoms with Crippen molar-refractivity contribution in [2.75, 3.05) is 5.32 Å². The first-order valence-corrected chi connectivity index (χ1v) is 8.77. The Bertz CT molecular complexity index is 740. The topological polar surface area (TPSA) is 68.0 Å². The minimum atomic E-state index is -0.863. The van der Waals surface area contributed by atoms with E-state index in [0.29, 0.717) is 23.5 Å².